The maximum atomic E-state index is 5.59. The molecule has 0 aromatic rings. The van der Waals surface area contributed by atoms with Gasteiger partial charge in [0.05, 0.1) is 6.61 Å². The molecule has 0 heterocycles. The molecule has 0 unspecified atom stereocenters. The third-order valence-corrected chi connectivity index (χ3v) is 3.92. The van der Waals surface area contributed by atoms with E-state index in [1.54, 1.807) is 7.11 Å². The predicted molar refractivity (Wildman–Crippen MR) is 58.4 cm³/mol. The molecule has 0 aromatic heterocycles. The van der Waals surface area contributed by atoms with Gasteiger partial charge in [0.25, 0.3) is 0 Å². The molecule has 5 nitrogen and oxygen atoms in total. The van der Waals surface area contributed by atoms with Crippen molar-refractivity contribution in [3.63, 3.8) is 0 Å². The van der Waals surface area contributed by atoms with Gasteiger partial charge in [-0.1, -0.05) is 13.8 Å². The molecule has 0 aliphatic heterocycles. The lowest BCUT2D eigenvalue weighted by molar-refractivity contribution is -0.0289. The van der Waals surface area contributed by atoms with E-state index < -0.39 is 9.05 Å². The number of hydrogen-bond donors (Lipinski definition) is 0. The van der Waals surface area contributed by atoms with Crippen LogP contribution in [-0.2, 0) is 22.4 Å². The second-order valence-electron chi connectivity index (χ2n) is 4.00. The highest BCUT2D eigenvalue weighted by Crippen LogP contribution is 2.19. The van der Waals surface area contributed by atoms with E-state index in [-0.39, 0.29) is 5.41 Å². The molecule has 0 rings (SSSR count). The van der Waals surface area contributed by atoms with Gasteiger partial charge in [-0.3, -0.25) is 0 Å². The molecule has 0 aromatic carbocycles. The first-order chi connectivity index (χ1) is 6.95. The molecule has 6 heteroatoms. The lowest BCUT2D eigenvalue weighted by Gasteiger charge is -2.29. The molecular weight excluding hydrogens is 216 g/mol. The van der Waals surface area contributed by atoms with Gasteiger partial charge in [-0.25, -0.2) is 0 Å². The number of methoxy groups -OCH3 is 1. The van der Waals surface area contributed by atoms with E-state index >= 15 is 0 Å². The minimum atomic E-state index is -2.91. The Morgan fingerprint density at radius 3 is 1.67 bits per heavy atom. The molecule has 0 amide bonds. The van der Waals surface area contributed by atoms with Gasteiger partial charge in [0.15, 0.2) is 0 Å². The van der Waals surface area contributed by atoms with Crippen molar-refractivity contribution in [2.24, 2.45) is 5.41 Å². The Balaban J connectivity index is 4.20. The predicted octanol–water partition coefficient (Wildman–Crippen LogP) is 1.05. The third kappa shape index (κ3) is 5.05. The van der Waals surface area contributed by atoms with Crippen LogP contribution in [0.25, 0.3) is 0 Å². The first-order valence-corrected chi connectivity index (χ1v) is 6.37. The van der Waals surface area contributed by atoms with Crippen LogP contribution in [-0.4, -0.2) is 50.7 Å². The largest absolute Gasteiger partial charge is 0.678 e. The standard InChI is InChI=1S/C9H22O5Si/c1-9(2,7-10-3)8-14-15(11-4,12-5)13-6/h7-8H2,1-6H3. The lowest BCUT2D eigenvalue weighted by Crippen LogP contribution is -2.48. The Kier molecular flexibility index (Phi) is 6.57. The zero-order chi connectivity index (χ0) is 11.9. The molecule has 0 radical (unpaired) electrons. The van der Waals surface area contributed by atoms with Crippen LogP contribution in [0.2, 0.25) is 0 Å². The molecule has 92 valence electrons. The molecule has 0 saturated carbocycles. The molecule has 15 heavy (non-hydrogen) atoms. The Morgan fingerprint density at radius 2 is 1.33 bits per heavy atom. The Hall–Kier alpha value is 0.0169. The Labute approximate surface area is 93.1 Å². The fourth-order valence-electron chi connectivity index (χ4n) is 1.14. The van der Waals surface area contributed by atoms with Gasteiger partial charge in [-0.2, -0.15) is 0 Å². The smallest absolute Gasteiger partial charge is 0.384 e. The summed E-state index contributed by atoms with van der Waals surface area (Å²) in [6.07, 6.45) is 0. The van der Waals surface area contributed by atoms with E-state index in [2.05, 4.69) is 0 Å². The molecular formula is C9H22O5Si. The van der Waals surface area contributed by atoms with Crippen LogP contribution >= 0.6 is 0 Å². The van der Waals surface area contributed by atoms with Gasteiger partial charge >= 0.3 is 9.05 Å². The summed E-state index contributed by atoms with van der Waals surface area (Å²) in [7, 11) is 3.30. The Morgan fingerprint density at radius 1 is 0.867 bits per heavy atom. The van der Waals surface area contributed by atoms with Crippen molar-refractivity contribution in [3.8, 4) is 0 Å². The molecule has 0 spiro atoms. The molecule has 0 fully saturated rings. The number of ether oxygens (including phenoxy) is 1. The van der Waals surface area contributed by atoms with Crippen LogP contribution in [0.15, 0.2) is 0 Å². The zero-order valence-electron chi connectivity index (χ0n) is 10.5. The van der Waals surface area contributed by atoms with Crippen LogP contribution in [0, 0.1) is 5.41 Å². The van der Waals surface area contributed by atoms with Gasteiger partial charge in [0, 0.05) is 40.5 Å². The van der Waals surface area contributed by atoms with Crippen molar-refractivity contribution in [2.75, 3.05) is 41.7 Å². The quantitative estimate of drug-likeness (QED) is 0.592. The first-order valence-electron chi connectivity index (χ1n) is 4.73. The van der Waals surface area contributed by atoms with Gasteiger partial charge in [-0.05, 0) is 0 Å². The molecule has 0 N–H and O–H groups in total. The van der Waals surface area contributed by atoms with Crippen LogP contribution in [0.5, 0.6) is 0 Å². The fraction of sp³-hybridized carbons (Fsp3) is 1.00. The molecule has 0 saturated heterocycles. The summed E-state index contributed by atoms with van der Waals surface area (Å²) in [4.78, 5) is 0. The minimum Gasteiger partial charge on any atom is -0.384 e. The van der Waals surface area contributed by atoms with E-state index in [1.165, 1.54) is 21.3 Å². The maximum Gasteiger partial charge on any atom is 0.678 e. The van der Waals surface area contributed by atoms with Crippen LogP contribution in [0.3, 0.4) is 0 Å². The molecule has 0 aliphatic rings. The summed E-state index contributed by atoms with van der Waals surface area (Å²) in [5.41, 5.74) is -0.0947. The monoisotopic (exact) mass is 238 g/mol. The normalized spacial score (nSPS) is 13.2. The lowest BCUT2D eigenvalue weighted by atomic mass is 9.97. The van der Waals surface area contributed by atoms with Crippen molar-refractivity contribution in [2.45, 2.75) is 13.8 Å². The minimum absolute atomic E-state index is 0.0947. The highest BCUT2D eigenvalue weighted by Gasteiger charge is 2.43. The van der Waals surface area contributed by atoms with Crippen molar-refractivity contribution in [3.05, 3.63) is 0 Å². The van der Waals surface area contributed by atoms with Gasteiger partial charge in [0.2, 0.25) is 0 Å². The second kappa shape index (κ2) is 6.57. The van der Waals surface area contributed by atoms with E-state index in [0.717, 1.165) is 0 Å². The number of rotatable bonds is 8. The van der Waals surface area contributed by atoms with E-state index in [0.29, 0.717) is 13.2 Å². The highest BCUT2D eigenvalue weighted by atomic mass is 28.4. The van der Waals surface area contributed by atoms with Crippen molar-refractivity contribution in [1.82, 2.24) is 0 Å². The fourth-order valence-corrected chi connectivity index (χ4v) is 2.56. The number of hydrogen-bond acceptors (Lipinski definition) is 5. The van der Waals surface area contributed by atoms with Crippen LogP contribution in [0.1, 0.15) is 13.8 Å². The average molecular weight is 238 g/mol. The van der Waals surface area contributed by atoms with E-state index in [1.807, 2.05) is 13.8 Å². The van der Waals surface area contributed by atoms with Crippen molar-refractivity contribution in [1.29, 1.82) is 0 Å². The molecule has 0 atom stereocenters. The second-order valence-corrected chi connectivity index (χ2v) is 6.51. The maximum absolute atomic E-state index is 5.59. The highest BCUT2D eigenvalue weighted by molar-refractivity contribution is 6.53. The van der Waals surface area contributed by atoms with Crippen molar-refractivity contribution < 1.29 is 22.4 Å². The SMILES string of the molecule is COCC(C)(C)CO[Si](OC)(OC)OC. The Bertz CT molecular complexity index is 162. The summed E-state index contributed by atoms with van der Waals surface area (Å²) in [6, 6.07) is 0. The third-order valence-electron chi connectivity index (χ3n) is 1.92. The molecule has 0 aliphatic carbocycles. The first kappa shape index (κ1) is 15.0. The van der Waals surface area contributed by atoms with E-state index in [9.17, 15) is 0 Å². The van der Waals surface area contributed by atoms with Crippen molar-refractivity contribution >= 4 is 9.05 Å². The summed E-state index contributed by atoms with van der Waals surface area (Å²) >= 11 is 0. The summed E-state index contributed by atoms with van der Waals surface area (Å²) in [6.45, 7) is 5.14. The summed E-state index contributed by atoms with van der Waals surface area (Å²) in [5, 5.41) is 0. The van der Waals surface area contributed by atoms with Crippen LogP contribution < -0.4 is 0 Å². The molecule has 0 bridgehead atoms. The van der Waals surface area contributed by atoms with E-state index in [4.69, 9.17) is 22.4 Å². The van der Waals surface area contributed by atoms with Gasteiger partial charge in [0.1, 0.15) is 0 Å². The zero-order valence-corrected chi connectivity index (χ0v) is 11.5. The van der Waals surface area contributed by atoms with Crippen LogP contribution in [0.4, 0.5) is 0 Å². The average Bonchev–Trinajstić information content (AvgIpc) is 2.21. The van der Waals surface area contributed by atoms with Gasteiger partial charge < -0.3 is 22.4 Å². The summed E-state index contributed by atoms with van der Waals surface area (Å²) in [5.74, 6) is 0. The topological polar surface area (TPSA) is 46.2 Å². The summed E-state index contributed by atoms with van der Waals surface area (Å²) < 4.78 is 26.1. The van der Waals surface area contributed by atoms with Gasteiger partial charge in [-0.15, -0.1) is 0 Å².